The van der Waals surface area contributed by atoms with Crippen LogP contribution in [0.3, 0.4) is 0 Å². The van der Waals surface area contributed by atoms with Crippen LogP contribution in [0.15, 0.2) is 0 Å². The molecule has 0 aromatic heterocycles. The number of likely N-dealkylation sites (tertiary alicyclic amines) is 1. The molecule has 1 fully saturated rings. The summed E-state index contributed by atoms with van der Waals surface area (Å²) in [5, 5.41) is 9.39. The standard InChI is InChI=1S/C11H22N2O2/c1-2-5-11(10(14)15)6-3-8-13(11)9-4-7-12/h2-9,12H2,1H3,(H,14,15). The summed E-state index contributed by atoms with van der Waals surface area (Å²) in [5.41, 5.74) is 4.88. The molecule has 15 heavy (non-hydrogen) atoms. The van der Waals surface area contributed by atoms with E-state index in [9.17, 15) is 9.90 Å². The van der Waals surface area contributed by atoms with Gasteiger partial charge in [0, 0.05) is 6.54 Å². The Balaban J connectivity index is 2.70. The van der Waals surface area contributed by atoms with Crippen molar-refractivity contribution in [2.24, 2.45) is 5.73 Å². The van der Waals surface area contributed by atoms with Gasteiger partial charge < -0.3 is 10.8 Å². The van der Waals surface area contributed by atoms with Gasteiger partial charge in [0.25, 0.3) is 0 Å². The third-order valence-corrected chi connectivity index (χ3v) is 3.32. The summed E-state index contributed by atoms with van der Waals surface area (Å²) in [6, 6.07) is 0. The molecule has 4 nitrogen and oxygen atoms in total. The maximum Gasteiger partial charge on any atom is 0.324 e. The van der Waals surface area contributed by atoms with E-state index in [-0.39, 0.29) is 0 Å². The van der Waals surface area contributed by atoms with Crippen molar-refractivity contribution >= 4 is 5.97 Å². The van der Waals surface area contributed by atoms with Crippen LogP contribution in [0.25, 0.3) is 0 Å². The van der Waals surface area contributed by atoms with Crippen molar-refractivity contribution < 1.29 is 9.90 Å². The molecule has 0 amide bonds. The van der Waals surface area contributed by atoms with E-state index >= 15 is 0 Å². The van der Waals surface area contributed by atoms with Crippen LogP contribution in [0, 0.1) is 0 Å². The van der Waals surface area contributed by atoms with Gasteiger partial charge in [-0.1, -0.05) is 13.3 Å². The van der Waals surface area contributed by atoms with Crippen molar-refractivity contribution in [1.82, 2.24) is 4.90 Å². The van der Waals surface area contributed by atoms with Crippen molar-refractivity contribution in [2.75, 3.05) is 19.6 Å². The predicted molar refractivity (Wildman–Crippen MR) is 59.8 cm³/mol. The van der Waals surface area contributed by atoms with Crippen LogP contribution >= 0.6 is 0 Å². The first-order chi connectivity index (χ1) is 7.17. The molecule has 1 heterocycles. The van der Waals surface area contributed by atoms with Crippen molar-refractivity contribution in [2.45, 2.75) is 44.6 Å². The summed E-state index contributed by atoms with van der Waals surface area (Å²) in [7, 11) is 0. The van der Waals surface area contributed by atoms with Crippen molar-refractivity contribution in [3.05, 3.63) is 0 Å². The largest absolute Gasteiger partial charge is 0.480 e. The molecule has 1 aliphatic rings. The van der Waals surface area contributed by atoms with Crippen LogP contribution in [0.4, 0.5) is 0 Å². The molecule has 1 rings (SSSR count). The fourth-order valence-corrected chi connectivity index (χ4v) is 2.59. The SMILES string of the molecule is CCCC1(C(=O)O)CCCN1CCCN. The monoisotopic (exact) mass is 214 g/mol. The molecule has 0 aliphatic carbocycles. The van der Waals surface area contributed by atoms with Crippen molar-refractivity contribution in [3.8, 4) is 0 Å². The maximum absolute atomic E-state index is 11.4. The quantitative estimate of drug-likeness (QED) is 0.693. The van der Waals surface area contributed by atoms with Gasteiger partial charge in [-0.25, -0.2) is 0 Å². The van der Waals surface area contributed by atoms with Crippen LogP contribution in [-0.4, -0.2) is 41.1 Å². The number of nitrogens with two attached hydrogens (primary N) is 1. The molecule has 3 N–H and O–H groups in total. The molecule has 4 heteroatoms. The minimum Gasteiger partial charge on any atom is -0.480 e. The van der Waals surface area contributed by atoms with Gasteiger partial charge in [-0.2, -0.15) is 0 Å². The molecule has 0 aromatic rings. The molecular formula is C11H22N2O2. The number of carbonyl (C=O) groups is 1. The van der Waals surface area contributed by atoms with Gasteiger partial charge in [-0.15, -0.1) is 0 Å². The second-order valence-electron chi connectivity index (χ2n) is 4.32. The van der Waals surface area contributed by atoms with Crippen molar-refractivity contribution in [1.29, 1.82) is 0 Å². The Kier molecular flexibility index (Phi) is 4.54. The lowest BCUT2D eigenvalue weighted by molar-refractivity contribution is -0.150. The number of hydrogen-bond acceptors (Lipinski definition) is 3. The summed E-state index contributed by atoms with van der Waals surface area (Å²) < 4.78 is 0. The molecule has 0 spiro atoms. The minimum absolute atomic E-state index is 0.593. The first-order valence-electron chi connectivity index (χ1n) is 5.86. The summed E-state index contributed by atoms with van der Waals surface area (Å²) >= 11 is 0. The topological polar surface area (TPSA) is 66.6 Å². The average molecular weight is 214 g/mol. The van der Waals surface area contributed by atoms with E-state index in [0.29, 0.717) is 6.54 Å². The number of carboxylic acids is 1. The smallest absolute Gasteiger partial charge is 0.324 e. The third kappa shape index (κ3) is 2.49. The normalized spacial score (nSPS) is 27.1. The van der Waals surface area contributed by atoms with E-state index < -0.39 is 11.5 Å². The molecule has 0 saturated carbocycles. The van der Waals surface area contributed by atoms with Crippen LogP contribution in [0.5, 0.6) is 0 Å². The Morgan fingerprint density at radius 3 is 2.87 bits per heavy atom. The van der Waals surface area contributed by atoms with Gasteiger partial charge in [0.1, 0.15) is 5.54 Å². The van der Waals surface area contributed by atoms with Crippen LogP contribution in [0.2, 0.25) is 0 Å². The number of aliphatic carboxylic acids is 1. The first-order valence-corrected chi connectivity index (χ1v) is 5.86. The molecule has 1 unspecified atom stereocenters. The highest BCUT2D eigenvalue weighted by molar-refractivity contribution is 5.79. The second kappa shape index (κ2) is 5.47. The summed E-state index contributed by atoms with van der Waals surface area (Å²) in [6.07, 6.45) is 4.36. The van der Waals surface area contributed by atoms with Gasteiger partial charge in [0.05, 0.1) is 0 Å². The molecule has 0 bridgehead atoms. The zero-order valence-electron chi connectivity index (χ0n) is 9.54. The maximum atomic E-state index is 11.4. The van der Waals surface area contributed by atoms with E-state index in [1.807, 2.05) is 6.92 Å². The lowest BCUT2D eigenvalue weighted by atomic mass is 9.90. The molecule has 1 saturated heterocycles. The lowest BCUT2D eigenvalue weighted by Crippen LogP contribution is -2.51. The predicted octanol–water partition coefficient (Wildman–Crippen LogP) is 1.05. The zero-order valence-corrected chi connectivity index (χ0v) is 9.54. The molecule has 0 aromatic carbocycles. The lowest BCUT2D eigenvalue weighted by Gasteiger charge is -2.34. The van der Waals surface area contributed by atoms with E-state index in [0.717, 1.165) is 45.2 Å². The summed E-state index contributed by atoms with van der Waals surface area (Å²) in [6.45, 7) is 4.41. The first kappa shape index (κ1) is 12.5. The Labute approximate surface area is 91.4 Å². The highest BCUT2D eigenvalue weighted by atomic mass is 16.4. The van der Waals surface area contributed by atoms with E-state index in [1.54, 1.807) is 0 Å². The highest BCUT2D eigenvalue weighted by Gasteiger charge is 2.46. The molecule has 88 valence electrons. The summed E-state index contributed by atoms with van der Waals surface area (Å²) in [4.78, 5) is 13.5. The molecular weight excluding hydrogens is 192 g/mol. The zero-order chi connectivity index (χ0) is 11.3. The number of nitrogens with zero attached hydrogens (tertiary/aromatic N) is 1. The molecule has 1 atom stereocenters. The number of carboxylic acid groups (broad SMARTS) is 1. The molecule has 0 radical (unpaired) electrons. The minimum atomic E-state index is -0.654. The Bertz CT molecular complexity index is 221. The van der Waals surface area contributed by atoms with Crippen LogP contribution in [0.1, 0.15) is 39.0 Å². The van der Waals surface area contributed by atoms with Gasteiger partial charge in [-0.3, -0.25) is 9.69 Å². The van der Waals surface area contributed by atoms with Crippen LogP contribution < -0.4 is 5.73 Å². The third-order valence-electron chi connectivity index (χ3n) is 3.32. The fourth-order valence-electron chi connectivity index (χ4n) is 2.59. The average Bonchev–Trinajstić information content (AvgIpc) is 2.60. The Morgan fingerprint density at radius 2 is 2.33 bits per heavy atom. The fraction of sp³-hybridized carbons (Fsp3) is 0.909. The van der Waals surface area contributed by atoms with Gasteiger partial charge in [0.15, 0.2) is 0 Å². The second-order valence-corrected chi connectivity index (χ2v) is 4.32. The summed E-state index contributed by atoms with van der Waals surface area (Å²) in [5.74, 6) is -0.654. The Hall–Kier alpha value is -0.610. The Morgan fingerprint density at radius 1 is 1.60 bits per heavy atom. The molecule has 1 aliphatic heterocycles. The van der Waals surface area contributed by atoms with Crippen molar-refractivity contribution in [3.63, 3.8) is 0 Å². The van der Waals surface area contributed by atoms with Gasteiger partial charge in [-0.05, 0) is 38.8 Å². The number of rotatable bonds is 6. The van der Waals surface area contributed by atoms with Crippen LogP contribution in [-0.2, 0) is 4.79 Å². The van der Waals surface area contributed by atoms with E-state index in [1.165, 1.54) is 0 Å². The van der Waals surface area contributed by atoms with E-state index in [2.05, 4.69) is 4.90 Å². The highest BCUT2D eigenvalue weighted by Crippen LogP contribution is 2.33. The van der Waals surface area contributed by atoms with Gasteiger partial charge >= 0.3 is 5.97 Å². The van der Waals surface area contributed by atoms with E-state index in [4.69, 9.17) is 5.73 Å². The van der Waals surface area contributed by atoms with Gasteiger partial charge in [0.2, 0.25) is 0 Å². The number of hydrogen-bond donors (Lipinski definition) is 2.